The Bertz CT molecular complexity index is 581. The lowest BCUT2D eigenvalue weighted by Crippen LogP contribution is -2.37. The smallest absolute Gasteiger partial charge is 0.422 e. The van der Waals surface area contributed by atoms with E-state index in [0.29, 0.717) is 25.5 Å². The molecule has 0 saturated carbocycles. The fraction of sp³-hybridized carbons (Fsp3) is 0.529. The predicted molar refractivity (Wildman–Crippen MR) is 107 cm³/mol. The number of carbonyl (C=O) groups excluding carboxylic acids is 1. The summed E-state index contributed by atoms with van der Waals surface area (Å²) in [4.78, 5) is 15.1. The number of methoxy groups -OCH3 is 1. The van der Waals surface area contributed by atoms with Crippen molar-refractivity contribution >= 4 is 35.9 Å². The summed E-state index contributed by atoms with van der Waals surface area (Å²) >= 11 is 0. The minimum atomic E-state index is -4.35. The van der Waals surface area contributed by atoms with E-state index in [9.17, 15) is 18.0 Å². The molecule has 0 bridgehead atoms. The van der Waals surface area contributed by atoms with Gasteiger partial charge in [0.1, 0.15) is 5.75 Å². The number of rotatable bonds is 9. The first kappa shape index (κ1) is 25.3. The maximum atomic E-state index is 12.1. The monoisotopic (exact) mass is 503 g/mol. The number of carbonyl (C=O) groups is 1. The normalized spacial score (nSPS) is 11.4. The maximum absolute atomic E-state index is 12.1. The number of guanidine groups is 1. The summed E-state index contributed by atoms with van der Waals surface area (Å²) in [5, 5.41) is 6.22. The molecule has 0 saturated heterocycles. The average Bonchev–Trinajstić information content (AvgIpc) is 2.62. The quantitative estimate of drug-likeness (QED) is 0.178. The molecule has 0 atom stereocenters. The lowest BCUT2D eigenvalue weighted by molar-refractivity contribution is -0.153. The molecule has 2 N–H and O–H groups in total. The number of benzene rings is 1. The summed E-state index contributed by atoms with van der Waals surface area (Å²) in [6.45, 7) is -0.195. The molecule has 1 rings (SSSR count). The zero-order valence-electron chi connectivity index (χ0n) is 15.3. The van der Waals surface area contributed by atoms with Crippen molar-refractivity contribution in [1.29, 1.82) is 0 Å². The van der Waals surface area contributed by atoms with Crippen molar-refractivity contribution in [3.63, 3.8) is 0 Å². The Balaban J connectivity index is 0.00000676. The van der Waals surface area contributed by atoms with E-state index in [1.54, 1.807) is 19.2 Å². The van der Waals surface area contributed by atoms with Crippen molar-refractivity contribution in [2.75, 3.05) is 27.3 Å². The van der Waals surface area contributed by atoms with Gasteiger partial charge in [-0.1, -0.05) is 12.1 Å². The second-order valence-corrected chi connectivity index (χ2v) is 5.43. The molecule has 10 heteroatoms. The molecule has 0 radical (unpaired) electrons. The van der Waals surface area contributed by atoms with Gasteiger partial charge >= 0.3 is 12.1 Å². The van der Waals surface area contributed by atoms with E-state index in [-0.39, 0.29) is 35.7 Å². The van der Waals surface area contributed by atoms with Crippen LogP contribution in [0.5, 0.6) is 5.75 Å². The summed E-state index contributed by atoms with van der Waals surface area (Å²) in [5.41, 5.74) is 0.873. The summed E-state index contributed by atoms with van der Waals surface area (Å²) in [6.07, 6.45) is -2.46. The van der Waals surface area contributed by atoms with E-state index in [0.717, 1.165) is 18.4 Å². The molecule has 0 unspecified atom stereocenters. The van der Waals surface area contributed by atoms with E-state index < -0.39 is 12.8 Å². The van der Waals surface area contributed by atoms with Gasteiger partial charge < -0.3 is 20.1 Å². The van der Waals surface area contributed by atoms with Gasteiger partial charge in [0.05, 0.1) is 7.11 Å². The Kier molecular flexibility index (Phi) is 12.6. The van der Waals surface area contributed by atoms with Crippen LogP contribution in [0.3, 0.4) is 0 Å². The minimum Gasteiger partial charge on any atom is -0.484 e. The van der Waals surface area contributed by atoms with Crippen molar-refractivity contribution in [1.82, 2.24) is 10.6 Å². The molecular weight excluding hydrogens is 478 g/mol. The molecule has 0 aliphatic carbocycles. The number of hydrogen-bond acceptors (Lipinski definition) is 4. The third kappa shape index (κ3) is 12.3. The van der Waals surface area contributed by atoms with Crippen molar-refractivity contribution in [3.05, 3.63) is 29.8 Å². The molecular formula is C17H25F3IN3O3. The first-order valence-electron chi connectivity index (χ1n) is 8.14. The van der Waals surface area contributed by atoms with Crippen molar-refractivity contribution in [2.24, 2.45) is 4.99 Å². The molecule has 27 heavy (non-hydrogen) atoms. The van der Waals surface area contributed by atoms with Crippen LogP contribution in [0.1, 0.15) is 24.8 Å². The van der Waals surface area contributed by atoms with Crippen LogP contribution in [0, 0.1) is 0 Å². The highest BCUT2D eigenvalue weighted by atomic mass is 127. The number of esters is 1. The summed E-state index contributed by atoms with van der Waals surface area (Å²) in [5.74, 6) is 0.537. The number of alkyl halides is 3. The first-order chi connectivity index (χ1) is 12.3. The molecule has 154 valence electrons. The predicted octanol–water partition coefficient (Wildman–Crippen LogP) is 3.25. The number of aliphatic imine (C=N–C) groups is 1. The number of unbranched alkanes of at least 4 members (excludes halogenated alkanes) is 1. The van der Waals surface area contributed by atoms with Crippen molar-refractivity contribution in [3.8, 4) is 5.75 Å². The minimum absolute atomic E-state index is 0. The molecule has 6 nitrogen and oxygen atoms in total. The average molecular weight is 503 g/mol. The van der Waals surface area contributed by atoms with E-state index in [1.165, 1.54) is 19.2 Å². The zero-order chi connectivity index (χ0) is 19.4. The highest BCUT2D eigenvalue weighted by Crippen LogP contribution is 2.18. The van der Waals surface area contributed by atoms with Gasteiger partial charge in [-0.2, -0.15) is 13.2 Å². The molecule has 0 aliphatic rings. The largest absolute Gasteiger partial charge is 0.484 e. The Hall–Kier alpha value is -1.72. The Morgan fingerprint density at radius 2 is 1.81 bits per heavy atom. The molecule has 1 aromatic rings. The lowest BCUT2D eigenvalue weighted by atomic mass is 10.2. The van der Waals surface area contributed by atoms with Crippen LogP contribution in [0.15, 0.2) is 29.3 Å². The van der Waals surface area contributed by atoms with Gasteiger partial charge in [-0.15, -0.1) is 24.0 Å². The van der Waals surface area contributed by atoms with Crippen LogP contribution in [-0.2, 0) is 16.1 Å². The van der Waals surface area contributed by atoms with E-state index in [2.05, 4.69) is 25.1 Å². The molecule has 1 aromatic carbocycles. The zero-order valence-corrected chi connectivity index (χ0v) is 17.6. The van der Waals surface area contributed by atoms with Gasteiger partial charge in [-0.05, 0) is 30.5 Å². The van der Waals surface area contributed by atoms with Gasteiger partial charge in [-0.25, -0.2) is 0 Å². The second-order valence-electron chi connectivity index (χ2n) is 5.43. The topological polar surface area (TPSA) is 72.0 Å². The third-order valence-corrected chi connectivity index (χ3v) is 3.34. The van der Waals surface area contributed by atoms with Crippen LogP contribution in [0.2, 0.25) is 0 Å². The van der Waals surface area contributed by atoms with Gasteiger partial charge in [0.25, 0.3) is 0 Å². The SMILES string of the molecule is CN=C(NCCCCC(=O)OC)NCc1ccc(OCC(F)(F)F)cc1.I. The number of nitrogens with one attached hydrogen (secondary N) is 2. The summed E-state index contributed by atoms with van der Waals surface area (Å²) in [7, 11) is 3.00. The van der Waals surface area contributed by atoms with Crippen LogP contribution in [-0.4, -0.2) is 45.4 Å². The van der Waals surface area contributed by atoms with Crippen molar-refractivity contribution in [2.45, 2.75) is 32.0 Å². The molecule has 0 spiro atoms. The lowest BCUT2D eigenvalue weighted by Gasteiger charge is -2.12. The third-order valence-electron chi connectivity index (χ3n) is 3.34. The second kappa shape index (κ2) is 13.4. The highest BCUT2D eigenvalue weighted by molar-refractivity contribution is 14.0. The van der Waals surface area contributed by atoms with Crippen LogP contribution < -0.4 is 15.4 Å². The molecule has 0 aliphatic heterocycles. The number of nitrogens with zero attached hydrogens (tertiary/aromatic N) is 1. The maximum Gasteiger partial charge on any atom is 0.422 e. The van der Waals surface area contributed by atoms with E-state index in [4.69, 9.17) is 0 Å². The highest BCUT2D eigenvalue weighted by Gasteiger charge is 2.28. The van der Waals surface area contributed by atoms with Gasteiger partial charge in [0.2, 0.25) is 0 Å². The fourth-order valence-corrected chi connectivity index (χ4v) is 1.98. The van der Waals surface area contributed by atoms with Crippen LogP contribution in [0.25, 0.3) is 0 Å². The van der Waals surface area contributed by atoms with Gasteiger partial charge in [-0.3, -0.25) is 9.79 Å². The Labute approximate surface area is 173 Å². The Morgan fingerprint density at radius 1 is 1.15 bits per heavy atom. The van der Waals surface area contributed by atoms with E-state index in [1.807, 2.05) is 0 Å². The Morgan fingerprint density at radius 3 is 2.37 bits per heavy atom. The molecule has 0 amide bonds. The molecule has 0 fully saturated rings. The first-order valence-corrected chi connectivity index (χ1v) is 8.14. The summed E-state index contributed by atoms with van der Waals surface area (Å²) in [6, 6.07) is 6.35. The summed E-state index contributed by atoms with van der Waals surface area (Å²) < 4.78 is 45.5. The fourth-order valence-electron chi connectivity index (χ4n) is 1.98. The number of halogens is 4. The number of hydrogen-bond donors (Lipinski definition) is 2. The molecule has 0 heterocycles. The van der Waals surface area contributed by atoms with Gasteiger partial charge in [0.15, 0.2) is 12.6 Å². The van der Waals surface area contributed by atoms with Crippen molar-refractivity contribution < 1.29 is 27.4 Å². The van der Waals surface area contributed by atoms with Crippen LogP contribution in [0.4, 0.5) is 13.2 Å². The van der Waals surface area contributed by atoms with Crippen LogP contribution >= 0.6 is 24.0 Å². The molecule has 0 aromatic heterocycles. The number of ether oxygens (including phenoxy) is 2. The standard InChI is InChI=1S/C17H24F3N3O3.HI/c1-21-16(22-10-4-3-5-15(24)25-2)23-11-13-6-8-14(9-7-13)26-12-17(18,19)20;/h6-9H,3-5,10-12H2,1-2H3,(H2,21,22,23);1H. The van der Waals surface area contributed by atoms with E-state index >= 15 is 0 Å². The van der Waals surface area contributed by atoms with Gasteiger partial charge in [0, 0.05) is 26.6 Å².